The van der Waals surface area contributed by atoms with Crippen molar-refractivity contribution in [3.05, 3.63) is 0 Å². The van der Waals surface area contributed by atoms with Gasteiger partial charge in [0, 0.05) is 19.4 Å². The van der Waals surface area contributed by atoms with Crippen LogP contribution in [0.25, 0.3) is 0 Å². The molecule has 66 valence electrons. The highest BCUT2D eigenvalue weighted by Gasteiger charge is 2.58. The molecule has 1 N–H and O–H groups in total. The van der Waals surface area contributed by atoms with E-state index in [4.69, 9.17) is 5.11 Å². The molecule has 12 heavy (non-hydrogen) atoms. The Bertz CT molecular complexity index is 235. The summed E-state index contributed by atoms with van der Waals surface area (Å²) in [6.07, 6.45) is 4.46. The lowest BCUT2D eigenvalue weighted by Crippen LogP contribution is -2.01. The van der Waals surface area contributed by atoms with Gasteiger partial charge in [0.05, 0.1) is 0 Å². The van der Waals surface area contributed by atoms with Gasteiger partial charge in [-0.15, -0.1) is 11.8 Å². The highest BCUT2D eigenvalue weighted by atomic mass is 16.3. The van der Waals surface area contributed by atoms with Gasteiger partial charge in [0.15, 0.2) is 0 Å². The van der Waals surface area contributed by atoms with Crippen molar-refractivity contribution >= 4 is 0 Å². The average molecular weight is 164 g/mol. The Morgan fingerprint density at radius 2 is 2.17 bits per heavy atom. The smallest absolute Gasteiger partial charge is 0.0467 e. The van der Waals surface area contributed by atoms with Crippen molar-refractivity contribution in [1.82, 2.24) is 0 Å². The number of hydrogen-bond acceptors (Lipinski definition) is 1. The minimum Gasteiger partial charge on any atom is -0.396 e. The second-order valence-corrected chi connectivity index (χ2v) is 4.29. The number of rotatable bonds is 1. The summed E-state index contributed by atoms with van der Waals surface area (Å²) < 4.78 is 0. The molecule has 2 rings (SSSR count). The van der Waals surface area contributed by atoms with Gasteiger partial charge in [-0.3, -0.25) is 0 Å². The molecule has 0 unspecified atom stereocenters. The molecule has 0 bridgehead atoms. The third kappa shape index (κ3) is 1.06. The lowest BCUT2D eigenvalue weighted by molar-refractivity contribution is 0.249. The Morgan fingerprint density at radius 1 is 1.42 bits per heavy atom. The van der Waals surface area contributed by atoms with Crippen molar-refractivity contribution in [3.8, 4) is 11.8 Å². The molecule has 0 aromatic rings. The first-order valence-electron chi connectivity index (χ1n) is 4.85. The predicted molar refractivity (Wildman–Crippen MR) is 48.4 cm³/mol. The lowest BCUT2D eigenvalue weighted by Gasteiger charge is -2.09. The van der Waals surface area contributed by atoms with E-state index in [1.165, 1.54) is 12.8 Å². The molecule has 0 aromatic carbocycles. The highest BCUT2D eigenvalue weighted by Crippen LogP contribution is 2.63. The summed E-state index contributed by atoms with van der Waals surface area (Å²) in [5.74, 6) is 7.69. The molecule has 0 amide bonds. The zero-order valence-corrected chi connectivity index (χ0v) is 7.64. The van der Waals surface area contributed by atoms with Crippen LogP contribution in [-0.2, 0) is 0 Å². The predicted octanol–water partition coefficient (Wildman–Crippen LogP) is 1.81. The number of fused-ring (bicyclic) bond motifs is 1. The Hall–Kier alpha value is -0.480. The van der Waals surface area contributed by atoms with E-state index < -0.39 is 0 Å². The third-order valence-electron chi connectivity index (χ3n) is 3.76. The van der Waals surface area contributed by atoms with Crippen LogP contribution in [0.15, 0.2) is 0 Å². The quantitative estimate of drug-likeness (QED) is 0.586. The van der Waals surface area contributed by atoms with Crippen LogP contribution in [0.1, 0.15) is 32.6 Å². The normalized spacial score (nSPS) is 44.8. The van der Waals surface area contributed by atoms with E-state index in [0.29, 0.717) is 17.9 Å². The van der Waals surface area contributed by atoms with Crippen LogP contribution >= 0.6 is 0 Å². The molecule has 2 aliphatic carbocycles. The Labute approximate surface area is 74.2 Å². The maximum Gasteiger partial charge on any atom is 0.0467 e. The molecule has 0 aliphatic heterocycles. The van der Waals surface area contributed by atoms with Crippen molar-refractivity contribution in [2.45, 2.75) is 32.6 Å². The van der Waals surface area contributed by atoms with E-state index in [-0.39, 0.29) is 0 Å². The van der Waals surface area contributed by atoms with Crippen LogP contribution in [-0.4, -0.2) is 11.7 Å². The van der Waals surface area contributed by atoms with Crippen LogP contribution < -0.4 is 0 Å². The molecular formula is C11H16O. The van der Waals surface area contributed by atoms with Gasteiger partial charge in [-0.05, 0) is 30.1 Å². The van der Waals surface area contributed by atoms with E-state index >= 15 is 0 Å². The Balaban J connectivity index is 2.06. The summed E-state index contributed by atoms with van der Waals surface area (Å²) in [6, 6.07) is 0. The molecular weight excluding hydrogens is 148 g/mol. The first kappa shape index (κ1) is 8.13. The fourth-order valence-corrected chi connectivity index (χ4v) is 2.74. The highest BCUT2D eigenvalue weighted by molar-refractivity contribution is 5.13. The summed E-state index contributed by atoms with van der Waals surface area (Å²) in [4.78, 5) is 0. The Morgan fingerprint density at radius 3 is 2.92 bits per heavy atom. The van der Waals surface area contributed by atoms with Crippen molar-refractivity contribution < 1.29 is 5.11 Å². The average Bonchev–Trinajstić information content (AvgIpc) is 2.56. The molecule has 0 radical (unpaired) electrons. The first-order chi connectivity index (χ1) is 5.79. The van der Waals surface area contributed by atoms with E-state index in [9.17, 15) is 0 Å². The summed E-state index contributed by atoms with van der Waals surface area (Å²) >= 11 is 0. The second kappa shape index (κ2) is 2.78. The molecule has 1 saturated carbocycles. The third-order valence-corrected chi connectivity index (χ3v) is 3.76. The van der Waals surface area contributed by atoms with E-state index in [1.54, 1.807) is 0 Å². The van der Waals surface area contributed by atoms with Crippen LogP contribution in [0.2, 0.25) is 0 Å². The largest absolute Gasteiger partial charge is 0.396 e. The fourth-order valence-electron chi connectivity index (χ4n) is 2.74. The molecule has 0 spiro atoms. The summed E-state index contributed by atoms with van der Waals surface area (Å²) in [7, 11) is 0. The van der Waals surface area contributed by atoms with Gasteiger partial charge in [0.1, 0.15) is 0 Å². The summed E-state index contributed by atoms with van der Waals surface area (Å²) in [5, 5.41) is 9.14. The Kier molecular flexibility index (Phi) is 1.88. The lowest BCUT2D eigenvalue weighted by atomic mass is 9.95. The van der Waals surface area contributed by atoms with Crippen LogP contribution in [0.3, 0.4) is 0 Å². The standard InChI is InChI=1S/C11H16O/c1-11-7-5-3-2-4-6-9(11)10(11)8-12/h9-10,12H,4-8H2,1H3/t9-,10+,11-/m0/s1. The number of aliphatic hydroxyl groups is 1. The van der Waals surface area contributed by atoms with Crippen LogP contribution in [0, 0.1) is 29.1 Å². The zero-order chi connectivity index (χ0) is 8.60. The maximum atomic E-state index is 9.14. The van der Waals surface area contributed by atoms with Crippen molar-refractivity contribution in [2.24, 2.45) is 17.3 Å². The molecule has 1 nitrogen and oxygen atoms in total. The minimum atomic E-state index is 0.376. The number of hydrogen-bond donors (Lipinski definition) is 1. The summed E-state index contributed by atoms with van der Waals surface area (Å²) in [6.45, 7) is 2.69. The fraction of sp³-hybridized carbons (Fsp3) is 0.818. The van der Waals surface area contributed by atoms with Crippen LogP contribution in [0.5, 0.6) is 0 Å². The van der Waals surface area contributed by atoms with Crippen molar-refractivity contribution in [2.75, 3.05) is 6.61 Å². The summed E-state index contributed by atoms with van der Waals surface area (Å²) in [5.41, 5.74) is 0.434. The van der Waals surface area contributed by atoms with Gasteiger partial charge in [0.25, 0.3) is 0 Å². The number of aliphatic hydroxyl groups excluding tert-OH is 1. The van der Waals surface area contributed by atoms with Gasteiger partial charge in [-0.2, -0.15) is 0 Å². The van der Waals surface area contributed by atoms with Gasteiger partial charge in [-0.1, -0.05) is 6.92 Å². The van der Waals surface area contributed by atoms with E-state index in [1.807, 2.05) is 0 Å². The van der Waals surface area contributed by atoms with E-state index in [0.717, 1.165) is 18.8 Å². The van der Waals surface area contributed by atoms with Crippen molar-refractivity contribution in [1.29, 1.82) is 0 Å². The van der Waals surface area contributed by atoms with E-state index in [2.05, 4.69) is 18.8 Å². The second-order valence-electron chi connectivity index (χ2n) is 4.29. The van der Waals surface area contributed by atoms with Gasteiger partial charge in [-0.25, -0.2) is 0 Å². The first-order valence-corrected chi connectivity index (χ1v) is 4.85. The molecule has 0 saturated heterocycles. The zero-order valence-electron chi connectivity index (χ0n) is 7.64. The molecule has 2 aliphatic rings. The monoisotopic (exact) mass is 164 g/mol. The van der Waals surface area contributed by atoms with Gasteiger partial charge < -0.3 is 5.11 Å². The van der Waals surface area contributed by atoms with Gasteiger partial charge >= 0.3 is 0 Å². The SMILES string of the molecule is C[C@]12CCC#CCC[C@H]1[C@H]2CO. The molecule has 1 fully saturated rings. The minimum absolute atomic E-state index is 0.376. The molecule has 1 heteroatoms. The molecule has 0 heterocycles. The molecule has 0 aromatic heterocycles. The topological polar surface area (TPSA) is 20.2 Å². The van der Waals surface area contributed by atoms with Gasteiger partial charge in [0.2, 0.25) is 0 Å². The maximum absolute atomic E-state index is 9.14. The van der Waals surface area contributed by atoms with Crippen LogP contribution in [0.4, 0.5) is 0 Å². The van der Waals surface area contributed by atoms with Crippen molar-refractivity contribution in [3.63, 3.8) is 0 Å². The molecule has 3 atom stereocenters.